The van der Waals surface area contributed by atoms with Crippen molar-refractivity contribution in [2.24, 2.45) is 0 Å². The van der Waals surface area contributed by atoms with Crippen molar-refractivity contribution in [2.75, 3.05) is 6.61 Å². The third-order valence-electron chi connectivity index (χ3n) is 1.35. The molecule has 1 aliphatic rings. The maximum Gasteiger partial charge on any atom is 0.120 e. The molecule has 0 bridgehead atoms. The van der Waals surface area contributed by atoms with Gasteiger partial charge in [0.25, 0.3) is 0 Å². The Kier molecular flexibility index (Phi) is 1.80. The SMILES string of the molecule is N=C[C@H]1OC[C@@H](O)[C@H]1O. The van der Waals surface area contributed by atoms with Crippen LogP contribution in [0.15, 0.2) is 0 Å². The van der Waals surface area contributed by atoms with E-state index in [0.29, 0.717) is 0 Å². The summed E-state index contributed by atoms with van der Waals surface area (Å²) >= 11 is 0. The van der Waals surface area contributed by atoms with E-state index in [1.54, 1.807) is 0 Å². The third-order valence-corrected chi connectivity index (χ3v) is 1.35. The lowest BCUT2D eigenvalue weighted by Crippen LogP contribution is -2.30. The quantitative estimate of drug-likeness (QED) is 0.389. The van der Waals surface area contributed by atoms with E-state index in [-0.39, 0.29) is 6.61 Å². The second kappa shape index (κ2) is 2.43. The second-order valence-corrected chi connectivity index (χ2v) is 2.02. The van der Waals surface area contributed by atoms with E-state index in [0.717, 1.165) is 6.21 Å². The molecule has 1 saturated heterocycles. The summed E-state index contributed by atoms with van der Waals surface area (Å²) in [6, 6.07) is 0. The number of aliphatic hydroxyl groups excluding tert-OH is 2. The fraction of sp³-hybridized carbons (Fsp3) is 0.800. The lowest BCUT2D eigenvalue weighted by Gasteiger charge is -2.07. The molecule has 0 spiro atoms. The molecule has 3 N–H and O–H groups in total. The van der Waals surface area contributed by atoms with Crippen LogP contribution >= 0.6 is 0 Å². The van der Waals surface area contributed by atoms with Gasteiger partial charge in [0.05, 0.1) is 6.61 Å². The van der Waals surface area contributed by atoms with Crippen LogP contribution in [-0.2, 0) is 4.74 Å². The largest absolute Gasteiger partial charge is 0.388 e. The van der Waals surface area contributed by atoms with Gasteiger partial charge in [-0.15, -0.1) is 0 Å². The van der Waals surface area contributed by atoms with Gasteiger partial charge in [0.1, 0.15) is 18.3 Å². The molecule has 1 rings (SSSR count). The van der Waals surface area contributed by atoms with Crippen molar-refractivity contribution in [3.05, 3.63) is 0 Å². The molecule has 9 heavy (non-hydrogen) atoms. The van der Waals surface area contributed by atoms with Crippen molar-refractivity contribution in [1.82, 2.24) is 0 Å². The first-order chi connectivity index (χ1) is 4.25. The summed E-state index contributed by atoms with van der Waals surface area (Å²) in [4.78, 5) is 0. The van der Waals surface area contributed by atoms with Crippen molar-refractivity contribution in [1.29, 1.82) is 5.41 Å². The average molecular weight is 131 g/mol. The molecular formula is C5H9NO3. The molecule has 1 heterocycles. The highest BCUT2D eigenvalue weighted by Gasteiger charge is 2.32. The standard InChI is InChI=1S/C5H9NO3/c6-1-4-5(8)3(7)2-9-4/h1,3-8H,2H2/t3-,4-,5-/m1/s1. The molecule has 3 atom stereocenters. The summed E-state index contributed by atoms with van der Waals surface area (Å²) in [7, 11) is 0. The van der Waals surface area contributed by atoms with Crippen LogP contribution in [0.1, 0.15) is 0 Å². The minimum atomic E-state index is -0.914. The van der Waals surface area contributed by atoms with Gasteiger partial charge in [0, 0.05) is 6.21 Å². The third kappa shape index (κ3) is 1.10. The zero-order valence-corrected chi connectivity index (χ0v) is 4.82. The Bertz CT molecular complexity index is 117. The zero-order chi connectivity index (χ0) is 6.85. The number of ether oxygens (including phenoxy) is 1. The predicted octanol–water partition coefficient (Wildman–Crippen LogP) is -1.24. The minimum absolute atomic E-state index is 0.126. The summed E-state index contributed by atoms with van der Waals surface area (Å²) in [6.45, 7) is 0.126. The maximum atomic E-state index is 8.93. The highest BCUT2D eigenvalue weighted by Crippen LogP contribution is 2.11. The maximum absolute atomic E-state index is 8.93. The van der Waals surface area contributed by atoms with Crippen molar-refractivity contribution < 1.29 is 14.9 Å². The fourth-order valence-electron chi connectivity index (χ4n) is 0.773. The first-order valence-electron chi connectivity index (χ1n) is 2.74. The van der Waals surface area contributed by atoms with Crippen LogP contribution in [-0.4, -0.2) is 41.3 Å². The van der Waals surface area contributed by atoms with E-state index in [4.69, 9.17) is 20.4 Å². The Balaban J connectivity index is 2.50. The summed E-state index contributed by atoms with van der Waals surface area (Å²) < 4.78 is 4.78. The van der Waals surface area contributed by atoms with E-state index in [1.807, 2.05) is 0 Å². The molecule has 0 radical (unpaired) electrons. The van der Waals surface area contributed by atoms with Gasteiger partial charge in [0.2, 0.25) is 0 Å². The number of aliphatic hydroxyl groups is 2. The highest BCUT2D eigenvalue weighted by atomic mass is 16.5. The van der Waals surface area contributed by atoms with Crippen LogP contribution in [0.4, 0.5) is 0 Å². The Morgan fingerprint density at radius 1 is 1.56 bits per heavy atom. The van der Waals surface area contributed by atoms with Crippen LogP contribution in [0.5, 0.6) is 0 Å². The minimum Gasteiger partial charge on any atom is -0.388 e. The van der Waals surface area contributed by atoms with E-state index in [2.05, 4.69) is 0 Å². The fourth-order valence-corrected chi connectivity index (χ4v) is 0.773. The first-order valence-corrected chi connectivity index (χ1v) is 2.74. The first kappa shape index (κ1) is 6.67. The van der Waals surface area contributed by atoms with Gasteiger partial charge in [0.15, 0.2) is 0 Å². The van der Waals surface area contributed by atoms with Crippen molar-refractivity contribution >= 4 is 6.21 Å². The zero-order valence-electron chi connectivity index (χ0n) is 4.82. The Morgan fingerprint density at radius 2 is 2.22 bits per heavy atom. The van der Waals surface area contributed by atoms with Crippen LogP contribution < -0.4 is 0 Å². The highest BCUT2D eigenvalue weighted by molar-refractivity contribution is 5.60. The van der Waals surface area contributed by atoms with Gasteiger partial charge in [-0.05, 0) is 0 Å². The van der Waals surface area contributed by atoms with Gasteiger partial charge in [-0.1, -0.05) is 0 Å². The predicted molar refractivity (Wildman–Crippen MR) is 30.5 cm³/mol. The molecule has 4 heteroatoms. The number of hydrogen-bond donors (Lipinski definition) is 3. The normalized spacial score (nSPS) is 43.1. The summed E-state index contributed by atoms with van der Waals surface area (Å²) in [6.07, 6.45) is -1.36. The summed E-state index contributed by atoms with van der Waals surface area (Å²) in [5.74, 6) is 0. The van der Waals surface area contributed by atoms with Crippen molar-refractivity contribution in [3.8, 4) is 0 Å². The molecule has 0 aromatic heterocycles. The number of nitrogens with one attached hydrogen (secondary N) is 1. The topological polar surface area (TPSA) is 73.5 Å². The molecule has 0 unspecified atom stereocenters. The van der Waals surface area contributed by atoms with Crippen LogP contribution in [0.3, 0.4) is 0 Å². The van der Waals surface area contributed by atoms with Gasteiger partial charge in [-0.3, -0.25) is 0 Å². The Labute approximate surface area is 52.6 Å². The number of hydrogen-bond acceptors (Lipinski definition) is 4. The molecule has 0 aromatic carbocycles. The smallest absolute Gasteiger partial charge is 0.120 e. The number of rotatable bonds is 1. The van der Waals surface area contributed by atoms with Crippen LogP contribution in [0.2, 0.25) is 0 Å². The van der Waals surface area contributed by atoms with Crippen LogP contribution in [0.25, 0.3) is 0 Å². The van der Waals surface area contributed by atoms with E-state index in [9.17, 15) is 0 Å². The molecule has 4 nitrogen and oxygen atoms in total. The van der Waals surface area contributed by atoms with E-state index in [1.165, 1.54) is 0 Å². The van der Waals surface area contributed by atoms with E-state index >= 15 is 0 Å². The van der Waals surface area contributed by atoms with Gasteiger partial charge in [-0.2, -0.15) is 0 Å². The molecule has 1 fully saturated rings. The molecule has 0 amide bonds. The van der Waals surface area contributed by atoms with Crippen molar-refractivity contribution in [3.63, 3.8) is 0 Å². The molecule has 0 aliphatic carbocycles. The van der Waals surface area contributed by atoms with Crippen molar-refractivity contribution in [2.45, 2.75) is 18.3 Å². The lowest BCUT2D eigenvalue weighted by molar-refractivity contribution is 0.0481. The molecule has 0 saturated carbocycles. The second-order valence-electron chi connectivity index (χ2n) is 2.02. The molecular weight excluding hydrogens is 122 g/mol. The molecule has 1 aliphatic heterocycles. The van der Waals surface area contributed by atoms with Gasteiger partial charge in [-0.25, -0.2) is 0 Å². The Morgan fingerprint density at radius 3 is 2.44 bits per heavy atom. The Hall–Kier alpha value is -0.450. The van der Waals surface area contributed by atoms with E-state index < -0.39 is 18.3 Å². The lowest BCUT2D eigenvalue weighted by atomic mass is 10.2. The van der Waals surface area contributed by atoms with Crippen LogP contribution in [0, 0.1) is 5.41 Å². The molecule has 52 valence electrons. The van der Waals surface area contributed by atoms with Gasteiger partial charge < -0.3 is 20.4 Å². The summed E-state index contributed by atoms with van der Waals surface area (Å²) in [5.41, 5.74) is 0. The summed E-state index contributed by atoms with van der Waals surface area (Å²) in [5, 5.41) is 24.5. The monoisotopic (exact) mass is 131 g/mol. The molecule has 0 aromatic rings. The van der Waals surface area contributed by atoms with Gasteiger partial charge >= 0.3 is 0 Å². The average Bonchev–Trinajstić information content (AvgIpc) is 2.15.